The SMILES string of the molecule is COc1ccccc1OC(C)CNC(=NCc1nnc(C)n1C)NC(C)c1ccccc1. The number of methoxy groups -OCH3 is 1. The van der Waals surface area contributed by atoms with Crippen molar-refractivity contribution in [1.29, 1.82) is 0 Å². The van der Waals surface area contributed by atoms with Gasteiger partial charge in [-0.15, -0.1) is 10.2 Å². The summed E-state index contributed by atoms with van der Waals surface area (Å²) in [6.07, 6.45) is -0.109. The molecule has 1 heterocycles. The van der Waals surface area contributed by atoms with Gasteiger partial charge in [-0.3, -0.25) is 0 Å². The predicted octanol–water partition coefficient (Wildman–Crippen LogP) is 3.40. The fourth-order valence-electron chi connectivity index (χ4n) is 3.14. The monoisotopic (exact) mass is 436 g/mol. The molecule has 2 N–H and O–H groups in total. The largest absolute Gasteiger partial charge is 0.493 e. The van der Waals surface area contributed by atoms with E-state index in [4.69, 9.17) is 14.5 Å². The maximum atomic E-state index is 6.06. The number of aryl methyl sites for hydroxylation is 1. The van der Waals surface area contributed by atoms with Gasteiger partial charge in [0, 0.05) is 7.05 Å². The average Bonchev–Trinajstić information content (AvgIpc) is 3.13. The summed E-state index contributed by atoms with van der Waals surface area (Å²) in [6, 6.07) is 18.0. The molecule has 1 aromatic heterocycles. The quantitative estimate of drug-likeness (QED) is 0.395. The Hall–Kier alpha value is -3.55. The minimum atomic E-state index is -0.109. The van der Waals surface area contributed by atoms with Gasteiger partial charge in [0.1, 0.15) is 18.5 Å². The molecule has 2 aromatic carbocycles. The number of hydrogen-bond donors (Lipinski definition) is 2. The van der Waals surface area contributed by atoms with Crippen molar-refractivity contribution in [3.05, 3.63) is 71.8 Å². The van der Waals surface area contributed by atoms with Gasteiger partial charge in [-0.1, -0.05) is 42.5 Å². The molecule has 0 aliphatic rings. The first-order chi connectivity index (χ1) is 15.5. The molecule has 0 fully saturated rings. The van der Waals surface area contributed by atoms with Gasteiger partial charge < -0.3 is 24.7 Å². The molecule has 0 spiro atoms. The van der Waals surface area contributed by atoms with Gasteiger partial charge in [-0.2, -0.15) is 0 Å². The van der Waals surface area contributed by atoms with Crippen LogP contribution in [0.1, 0.15) is 37.1 Å². The van der Waals surface area contributed by atoms with Gasteiger partial charge >= 0.3 is 0 Å². The topological polar surface area (TPSA) is 85.6 Å². The van der Waals surface area contributed by atoms with Crippen LogP contribution in [0.2, 0.25) is 0 Å². The van der Waals surface area contributed by atoms with E-state index in [9.17, 15) is 0 Å². The Morgan fingerprint density at radius 1 is 1.03 bits per heavy atom. The summed E-state index contributed by atoms with van der Waals surface area (Å²) < 4.78 is 13.4. The third-order valence-corrected chi connectivity index (χ3v) is 5.17. The van der Waals surface area contributed by atoms with Crippen LogP contribution in [0.5, 0.6) is 11.5 Å². The van der Waals surface area contributed by atoms with Crippen LogP contribution in [0.3, 0.4) is 0 Å². The van der Waals surface area contributed by atoms with Gasteiger partial charge in [0.05, 0.1) is 19.7 Å². The molecule has 0 bridgehead atoms. The first-order valence-corrected chi connectivity index (χ1v) is 10.7. The fraction of sp³-hybridized carbons (Fsp3) is 0.375. The smallest absolute Gasteiger partial charge is 0.192 e. The maximum Gasteiger partial charge on any atom is 0.192 e. The van der Waals surface area contributed by atoms with Gasteiger partial charge in [-0.25, -0.2) is 4.99 Å². The molecule has 0 aliphatic heterocycles. The molecular weight excluding hydrogens is 404 g/mol. The summed E-state index contributed by atoms with van der Waals surface area (Å²) in [5.74, 6) is 3.76. The first kappa shape index (κ1) is 23.1. The lowest BCUT2D eigenvalue weighted by molar-refractivity contribution is 0.213. The van der Waals surface area contributed by atoms with Crippen molar-refractivity contribution in [2.24, 2.45) is 12.0 Å². The lowest BCUT2D eigenvalue weighted by atomic mass is 10.1. The van der Waals surface area contributed by atoms with E-state index >= 15 is 0 Å². The van der Waals surface area contributed by atoms with Gasteiger partial charge in [0.25, 0.3) is 0 Å². The number of para-hydroxylation sites is 2. The van der Waals surface area contributed by atoms with Gasteiger partial charge in [0.2, 0.25) is 0 Å². The minimum absolute atomic E-state index is 0.0779. The molecule has 0 saturated heterocycles. The number of hydrogen-bond acceptors (Lipinski definition) is 5. The first-order valence-electron chi connectivity index (χ1n) is 10.7. The van der Waals surface area contributed by atoms with Crippen molar-refractivity contribution in [3.8, 4) is 11.5 Å². The summed E-state index contributed by atoms with van der Waals surface area (Å²) >= 11 is 0. The highest BCUT2D eigenvalue weighted by Gasteiger charge is 2.13. The summed E-state index contributed by atoms with van der Waals surface area (Å²) in [5.41, 5.74) is 1.18. The number of aliphatic imine (C=N–C) groups is 1. The normalized spacial score (nSPS) is 13.3. The minimum Gasteiger partial charge on any atom is -0.493 e. The molecule has 170 valence electrons. The summed E-state index contributed by atoms with van der Waals surface area (Å²) in [6.45, 7) is 7.00. The van der Waals surface area contributed by atoms with Crippen LogP contribution in [0.15, 0.2) is 59.6 Å². The van der Waals surface area contributed by atoms with E-state index in [1.807, 2.05) is 67.9 Å². The summed E-state index contributed by atoms with van der Waals surface area (Å²) in [5, 5.41) is 15.2. The van der Waals surface area contributed by atoms with Gasteiger partial charge in [0.15, 0.2) is 23.3 Å². The molecule has 3 rings (SSSR count). The van der Waals surface area contributed by atoms with E-state index in [1.165, 1.54) is 5.56 Å². The third kappa shape index (κ3) is 6.23. The molecule has 8 nitrogen and oxygen atoms in total. The van der Waals surface area contributed by atoms with E-state index in [0.29, 0.717) is 30.5 Å². The zero-order valence-electron chi connectivity index (χ0n) is 19.4. The number of nitrogens with one attached hydrogen (secondary N) is 2. The Bertz CT molecular complexity index is 1020. The lowest BCUT2D eigenvalue weighted by Crippen LogP contribution is -2.42. The highest BCUT2D eigenvalue weighted by molar-refractivity contribution is 5.80. The van der Waals surface area contributed by atoms with Crippen molar-refractivity contribution in [2.45, 2.75) is 39.5 Å². The van der Waals surface area contributed by atoms with Crippen LogP contribution in [0.4, 0.5) is 0 Å². The van der Waals surface area contributed by atoms with E-state index in [1.54, 1.807) is 7.11 Å². The lowest BCUT2D eigenvalue weighted by Gasteiger charge is -2.21. The van der Waals surface area contributed by atoms with Crippen molar-refractivity contribution in [1.82, 2.24) is 25.4 Å². The molecule has 32 heavy (non-hydrogen) atoms. The van der Waals surface area contributed by atoms with Crippen LogP contribution < -0.4 is 20.1 Å². The second-order valence-electron chi connectivity index (χ2n) is 7.62. The van der Waals surface area contributed by atoms with Crippen molar-refractivity contribution in [3.63, 3.8) is 0 Å². The predicted molar refractivity (Wildman–Crippen MR) is 126 cm³/mol. The van der Waals surface area contributed by atoms with Gasteiger partial charge in [-0.05, 0) is 38.5 Å². The Labute approximate surface area is 189 Å². The molecule has 0 radical (unpaired) electrons. The van der Waals surface area contributed by atoms with Crippen LogP contribution in [0, 0.1) is 6.92 Å². The summed E-state index contributed by atoms with van der Waals surface area (Å²) in [7, 11) is 3.58. The second-order valence-corrected chi connectivity index (χ2v) is 7.62. The number of guanidine groups is 1. The number of nitrogens with zero attached hydrogens (tertiary/aromatic N) is 4. The Kier molecular flexibility index (Phi) is 8.08. The third-order valence-electron chi connectivity index (χ3n) is 5.17. The van der Waals surface area contributed by atoms with E-state index in [2.05, 4.69) is 39.9 Å². The second kappa shape index (κ2) is 11.2. The van der Waals surface area contributed by atoms with Crippen LogP contribution >= 0.6 is 0 Å². The van der Waals surface area contributed by atoms with Crippen molar-refractivity contribution < 1.29 is 9.47 Å². The summed E-state index contributed by atoms with van der Waals surface area (Å²) in [4.78, 5) is 4.74. The van der Waals surface area contributed by atoms with Crippen molar-refractivity contribution in [2.75, 3.05) is 13.7 Å². The number of ether oxygens (including phenoxy) is 2. The average molecular weight is 437 g/mol. The van der Waals surface area contributed by atoms with Crippen LogP contribution in [-0.4, -0.2) is 40.5 Å². The molecule has 2 atom stereocenters. The molecule has 8 heteroatoms. The van der Waals surface area contributed by atoms with E-state index in [0.717, 1.165) is 11.6 Å². The highest BCUT2D eigenvalue weighted by Crippen LogP contribution is 2.26. The number of benzene rings is 2. The molecule has 0 amide bonds. The number of rotatable bonds is 9. The fourth-order valence-corrected chi connectivity index (χ4v) is 3.14. The number of aromatic nitrogens is 3. The van der Waals surface area contributed by atoms with Crippen LogP contribution in [0.25, 0.3) is 0 Å². The molecule has 2 unspecified atom stereocenters. The Morgan fingerprint density at radius 2 is 1.72 bits per heavy atom. The standard InChI is InChI=1S/C24H32N6O2/c1-17(32-22-14-10-9-13-21(22)31-5)15-25-24(26-16-23-29-28-19(3)30(23)4)27-18(2)20-11-7-6-8-12-20/h6-14,17-18H,15-16H2,1-5H3,(H2,25,26,27). The van der Waals surface area contributed by atoms with Crippen molar-refractivity contribution >= 4 is 5.96 Å². The molecule has 0 aliphatic carbocycles. The zero-order chi connectivity index (χ0) is 22.9. The zero-order valence-corrected chi connectivity index (χ0v) is 19.4. The van der Waals surface area contributed by atoms with E-state index < -0.39 is 0 Å². The Morgan fingerprint density at radius 3 is 2.38 bits per heavy atom. The highest BCUT2D eigenvalue weighted by atomic mass is 16.5. The van der Waals surface area contributed by atoms with E-state index in [-0.39, 0.29) is 12.1 Å². The molecule has 0 saturated carbocycles. The van der Waals surface area contributed by atoms with Crippen LogP contribution in [-0.2, 0) is 13.6 Å². The maximum absolute atomic E-state index is 6.06. The molecule has 3 aromatic rings. The Balaban J connectivity index is 1.68. The molecular formula is C24H32N6O2.